The maximum atomic E-state index is 10.9. The molecule has 98 valence electrons. The molecule has 0 spiro atoms. The summed E-state index contributed by atoms with van der Waals surface area (Å²) in [6.45, 7) is 4.38. The molecule has 2 aromatic carbocycles. The van der Waals surface area contributed by atoms with Crippen LogP contribution in [0.5, 0.6) is 11.5 Å². The molecule has 2 nitrogen and oxygen atoms in total. The highest BCUT2D eigenvalue weighted by Crippen LogP contribution is 2.26. The molecule has 0 fully saturated rings. The van der Waals surface area contributed by atoms with Gasteiger partial charge in [-0.3, -0.25) is 4.79 Å². The van der Waals surface area contributed by atoms with E-state index in [2.05, 4.69) is 26.0 Å². The van der Waals surface area contributed by atoms with Gasteiger partial charge in [0, 0.05) is 0 Å². The molecule has 0 aromatic heterocycles. The van der Waals surface area contributed by atoms with Crippen LogP contribution in [0.25, 0.3) is 0 Å². The smallest absolute Gasteiger partial charge is 0.153 e. The number of aldehydes is 1. The van der Waals surface area contributed by atoms with Crippen LogP contribution in [0.1, 0.15) is 42.1 Å². The molecule has 1 unspecified atom stereocenters. The molecule has 2 heteroatoms. The summed E-state index contributed by atoms with van der Waals surface area (Å²) >= 11 is 0. The van der Waals surface area contributed by atoms with Crippen molar-refractivity contribution in [2.75, 3.05) is 0 Å². The molecule has 2 rings (SSSR count). The summed E-state index contributed by atoms with van der Waals surface area (Å²) in [7, 11) is 0. The number of hydrogen-bond acceptors (Lipinski definition) is 2. The minimum Gasteiger partial charge on any atom is -0.457 e. The Bertz CT molecular complexity index is 543. The minimum absolute atomic E-state index is 0.552. The van der Waals surface area contributed by atoms with Crippen molar-refractivity contribution in [2.24, 2.45) is 0 Å². The topological polar surface area (TPSA) is 26.3 Å². The lowest BCUT2D eigenvalue weighted by molar-refractivity contribution is 0.112. The number of hydrogen-bond donors (Lipinski definition) is 0. The molecular weight excluding hydrogens is 236 g/mol. The van der Waals surface area contributed by atoms with E-state index < -0.39 is 0 Å². The van der Waals surface area contributed by atoms with Crippen LogP contribution >= 0.6 is 0 Å². The van der Waals surface area contributed by atoms with E-state index in [1.165, 1.54) is 5.56 Å². The molecule has 19 heavy (non-hydrogen) atoms. The Kier molecular flexibility index (Phi) is 4.35. The molecule has 0 amide bonds. The largest absolute Gasteiger partial charge is 0.457 e. The average molecular weight is 254 g/mol. The zero-order valence-corrected chi connectivity index (χ0v) is 11.3. The van der Waals surface area contributed by atoms with E-state index in [-0.39, 0.29) is 0 Å². The molecule has 0 aliphatic rings. The van der Waals surface area contributed by atoms with E-state index in [9.17, 15) is 4.79 Å². The van der Waals surface area contributed by atoms with Gasteiger partial charge in [-0.25, -0.2) is 0 Å². The summed E-state index contributed by atoms with van der Waals surface area (Å²) in [6, 6.07) is 15.3. The van der Waals surface area contributed by atoms with Gasteiger partial charge in [0.25, 0.3) is 0 Å². The maximum absolute atomic E-state index is 10.9. The molecule has 0 saturated heterocycles. The summed E-state index contributed by atoms with van der Waals surface area (Å²) in [6.07, 6.45) is 1.93. The van der Waals surface area contributed by atoms with Crippen molar-refractivity contribution in [1.29, 1.82) is 0 Å². The quantitative estimate of drug-likeness (QED) is 0.716. The Hall–Kier alpha value is -2.09. The van der Waals surface area contributed by atoms with E-state index in [4.69, 9.17) is 4.74 Å². The summed E-state index contributed by atoms with van der Waals surface area (Å²) in [5, 5.41) is 0. The summed E-state index contributed by atoms with van der Waals surface area (Å²) in [5.41, 5.74) is 1.87. The fourth-order valence-corrected chi connectivity index (χ4v) is 1.90. The lowest BCUT2D eigenvalue weighted by atomic mass is 9.99. The first-order chi connectivity index (χ1) is 9.24. The van der Waals surface area contributed by atoms with Crippen molar-refractivity contribution >= 4 is 6.29 Å². The molecule has 1 atom stereocenters. The molecular formula is C17H18O2. The van der Waals surface area contributed by atoms with E-state index in [1.54, 1.807) is 12.1 Å². The molecule has 0 N–H and O–H groups in total. The molecule has 0 radical (unpaired) electrons. The molecule has 0 aliphatic carbocycles. The Balaban J connectivity index is 2.17. The number of para-hydroxylation sites is 1. The van der Waals surface area contributed by atoms with Crippen molar-refractivity contribution in [1.82, 2.24) is 0 Å². The van der Waals surface area contributed by atoms with Gasteiger partial charge in [0.15, 0.2) is 6.29 Å². The van der Waals surface area contributed by atoms with Gasteiger partial charge in [0.05, 0.1) is 5.56 Å². The van der Waals surface area contributed by atoms with Crippen molar-refractivity contribution in [3.05, 3.63) is 59.7 Å². The van der Waals surface area contributed by atoms with Crippen molar-refractivity contribution in [3.8, 4) is 11.5 Å². The maximum Gasteiger partial charge on any atom is 0.153 e. The Morgan fingerprint density at radius 2 is 1.79 bits per heavy atom. The van der Waals surface area contributed by atoms with Gasteiger partial charge < -0.3 is 4.74 Å². The second-order valence-corrected chi connectivity index (χ2v) is 4.64. The second kappa shape index (κ2) is 6.19. The van der Waals surface area contributed by atoms with Crippen LogP contribution in [0, 0.1) is 0 Å². The highest BCUT2D eigenvalue weighted by molar-refractivity contribution is 5.79. The predicted octanol–water partition coefficient (Wildman–Crippen LogP) is 4.80. The number of carbonyl (C=O) groups is 1. The first-order valence-electron chi connectivity index (χ1n) is 6.56. The fourth-order valence-electron chi connectivity index (χ4n) is 1.90. The van der Waals surface area contributed by atoms with Crippen LogP contribution in [-0.2, 0) is 0 Å². The lowest BCUT2D eigenvalue weighted by Crippen LogP contribution is -1.92. The molecule has 0 saturated carbocycles. The summed E-state index contributed by atoms with van der Waals surface area (Å²) in [4.78, 5) is 10.9. The van der Waals surface area contributed by atoms with Gasteiger partial charge in [-0.2, -0.15) is 0 Å². The first kappa shape index (κ1) is 13.3. The molecule has 0 aliphatic heterocycles. The van der Waals surface area contributed by atoms with Gasteiger partial charge in [-0.05, 0) is 42.2 Å². The van der Waals surface area contributed by atoms with Gasteiger partial charge in [-0.1, -0.05) is 38.1 Å². The number of ether oxygens (including phenoxy) is 1. The Morgan fingerprint density at radius 3 is 2.42 bits per heavy atom. The molecule has 2 aromatic rings. The van der Waals surface area contributed by atoms with Gasteiger partial charge in [0.1, 0.15) is 11.5 Å². The van der Waals surface area contributed by atoms with Crippen molar-refractivity contribution < 1.29 is 9.53 Å². The molecule has 0 bridgehead atoms. The summed E-state index contributed by atoms with van der Waals surface area (Å²) < 4.78 is 5.74. The van der Waals surface area contributed by atoms with Crippen LogP contribution in [-0.4, -0.2) is 6.29 Å². The molecule has 0 heterocycles. The highest BCUT2D eigenvalue weighted by Gasteiger charge is 2.05. The second-order valence-electron chi connectivity index (χ2n) is 4.64. The van der Waals surface area contributed by atoms with Crippen LogP contribution in [0.15, 0.2) is 48.5 Å². The minimum atomic E-state index is 0.552. The predicted molar refractivity (Wildman–Crippen MR) is 77.1 cm³/mol. The third kappa shape index (κ3) is 3.22. The van der Waals surface area contributed by atoms with Crippen molar-refractivity contribution in [2.45, 2.75) is 26.2 Å². The SMILES string of the molecule is CCC(C)c1ccc(Oc2ccccc2C=O)cc1. The zero-order chi connectivity index (χ0) is 13.7. The van der Waals surface area contributed by atoms with E-state index in [0.29, 0.717) is 17.2 Å². The first-order valence-corrected chi connectivity index (χ1v) is 6.56. The van der Waals surface area contributed by atoms with Crippen LogP contribution in [0.3, 0.4) is 0 Å². The lowest BCUT2D eigenvalue weighted by Gasteiger charge is -2.11. The van der Waals surface area contributed by atoms with Gasteiger partial charge in [-0.15, -0.1) is 0 Å². The number of benzene rings is 2. The Labute approximate surface area is 114 Å². The van der Waals surface area contributed by atoms with Crippen LogP contribution < -0.4 is 4.74 Å². The van der Waals surface area contributed by atoms with Crippen LogP contribution in [0.2, 0.25) is 0 Å². The standard InChI is InChI=1S/C17H18O2/c1-3-13(2)14-8-10-16(11-9-14)19-17-7-5-4-6-15(17)12-18/h4-13H,3H2,1-2H3. The average Bonchev–Trinajstić information content (AvgIpc) is 2.48. The Morgan fingerprint density at radius 1 is 1.11 bits per heavy atom. The van der Waals surface area contributed by atoms with Crippen molar-refractivity contribution in [3.63, 3.8) is 0 Å². The third-order valence-electron chi connectivity index (χ3n) is 3.34. The zero-order valence-electron chi connectivity index (χ0n) is 11.3. The van der Waals surface area contributed by atoms with E-state index in [0.717, 1.165) is 18.5 Å². The van der Waals surface area contributed by atoms with E-state index >= 15 is 0 Å². The fraction of sp³-hybridized carbons (Fsp3) is 0.235. The number of rotatable bonds is 5. The van der Waals surface area contributed by atoms with Gasteiger partial charge in [0.2, 0.25) is 0 Å². The highest BCUT2D eigenvalue weighted by atomic mass is 16.5. The normalized spacial score (nSPS) is 11.9. The van der Waals surface area contributed by atoms with Gasteiger partial charge >= 0.3 is 0 Å². The van der Waals surface area contributed by atoms with Crippen LogP contribution in [0.4, 0.5) is 0 Å². The summed E-state index contributed by atoms with van der Waals surface area (Å²) in [5.74, 6) is 1.89. The third-order valence-corrected chi connectivity index (χ3v) is 3.34. The van der Waals surface area contributed by atoms with E-state index in [1.807, 2.05) is 24.3 Å². The number of carbonyl (C=O) groups excluding carboxylic acids is 1. The monoisotopic (exact) mass is 254 g/mol.